The number of rotatable bonds is 5. The molecule has 2 unspecified atom stereocenters. The number of likely N-dealkylation sites (N-methyl/N-ethyl adjacent to an activating group) is 1. The molecular formula is C23H20F8N2O4S. The fraction of sp³-hybridized carbons (Fsp3) is 0.435. The maximum absolute atomic E-state index is 14.7. The maximum Gasteiger partial charge on any atom is 0.435 e. The quantitative estimate of drug-likeness (QED) is 0.433. The number of nitrogens with zero attached hydrogens (tertiary/aromatic N) is 1. The molecule has 2 aliphatic rings. The Morgan fingerprint density at radius 3 is 2.21 bits per heavy atom. The van der Waals surface area contributed by atoms with Gasteiger partial charge in [-0.15, -0.1) is 0 Å². The zero-order chi connectivity index (χ0) is 28.3. The Kier molecular flexibility index (Phi) is 6.70. The minimum Gasteiger partial charge on any atom is -0.492 e. The van der Waals surface area contributed by atoms with Gasteiger partial charge in [-0.2, -0.15) is 26.3 Å². The minimum absolute atomic E-state index is 0.0127. The van der Waals surface area contributed by atoms with Crippen LogP contribution in [-0.4, -0.2) is 64.4 Å². The van der Waals surface area contributed by atoms with E-state index in [4.69, 9.17) is 4.74 Å². The molecule has 4 rings (SSSR count). The Labute approximate surface area is 211 Å². The molecule has 38 heavy (non-hydrogen) atoms. The summed E-state index contributed by atoms with van der Waals surface area (Å²) in [5, 5.41) is 2.38. The summed E-state index contributed by atoms with van der Waals surface area (Å²) >= 11 is 0. The third-order valence-corrected chi connectivity index (χ3v) is 9.54. The molecule has 1 amide bonds. The second-order valence-corrected chi connectivity index (χ2v) is 11.1. The van der Waals surface area contributed by atoms with Crippen LogP contribution in [0.25, 0.3) is 0 Å². The van der Waals surface area contributed by atoms with Gasteiger partial charge >= 0.3 is 18.0 Å². The van der Waals surface area contributed by atoms with Crippen molar-refractivity contribution in [2.75, 3.05) is 26.7 Å². The van der Waals surface area contributed by atoms with Crippen LogP contribution in [0.1, 0.15) is 17.5 Å². The van der Waals surface area contributed by atoms with E-state index in [-0.39, 0.29) is 42.1 Å². The lowest BCUT2D eigenvalue weighted by atomic mass is 9.85. The van der Waals surface area contributed by atoms with E-state index in [0.717, 1.165) is 24.3 Å². The number of alkyl halides is 7. The first-order valence-electron chi connectivity index (χ1n) is 11.1. The summed E-state index contributed by atoms with van der Waals surface area (Å²) in [5.41, 5.74) is -7.88. The van der Waals surface area contributed by atoms with Crippen molar-refractivity contribution in [1.29, 1.82) is 0 Å². The molecule has 2 aromatic carbocycles. The molecule has 0 aliphatic carbocycles. The summed E-state index contributed by atoms with van der Waals surface area (Å²) in [6.45, 7) is -0.846. The van der Waals surface area contributed by atoms with Crippen LogP contribution in [0.15, 0.2) is 47.4 Å². The van der Waals surface area contributed by atoms with Crippen LogP contribution in [0.3, 0.4) is 0 Å². The number of sulfone groups is 1. The van der Waals surface area contributed by atoms with Gasteiger partial charge in [-0.05, 0) is 36.8 Å². The van der Waals surface area contributed by atoms with E-state index in [1.54, 1.807) is 0 Å². The van der Waals surface area contributed by atoms with Gasteiger partial charge < -0.3 is 10.1 Å². The van der Waals surface area contributed by atoms with Gasteiger partial charge in [0, 0.05) is 24.7 Å². The Hall–Kier alpha value is -2.94. The highest BCUT2D eigenvalue weighted by Gasteiger charge is 2.74. The number of fused-ring (bicyclic) bond motifs is 3. The van der Waals surface area contributed by atoms with E-state index in [9.17, 15) is 48.3 Å². The number of likely N-dealkylation sites (tertiary alicyclic amines) is 1. The number of nitrogens with one attached hydrogen (secondary N) is 1. The number of carbonyl (C=O) groups excluding carboxylic acids is 1. The van der Waals surface area contributed by atoms with E-state index in [0.29, 0.717) is 6.07 Å². The van der Waals surface area contributed by atoms with Crippen LogP contribution in [0.5, 0.6) is 5.75 Å². The molecule has 208 valence electrons. The lowest BCUT2D eigenvalue weighted by molar-refractivity contribution is -0.348. The monoisotopic (exact) mass is 572 g/mol. The molecule has 1 N–H and O–H groups in total. The number of amides is 1. The first kappa shape index (κ1) is 28.1. The van der Waals surface area contributed by atoms with Crippen molar-refractivity contribution in [3.8, 4) is 5.75 Å². The molecule has 0 radical (unpaired) electrons. The van der Waals surface area contributed by atoms with Gasteiger partial charge in [0.25, 0.3) is 0 Å². The van der Waals surface area contributed by atoms with E-state index < -0.39 is 68.3 Å². The largest absolute Gasteiger partial charge is 0.492 e. The van der Waals surface area contributed by atoms with Crippen molar-refractivity contribution in [1.82, 2.24) is 10.2 Å². The molecule has 15 heteroatoms. The molecule has 2 aliphatic heterocycles. The second kappa shape index (κ2) is 9.07. The van der Waals surface area contributed by atoms with Gasteiger partial charge in [-0.25, -0.2) is 17.2 Å². The van der Waals surface area contributed by atoms with Gasteiger partial charge in [0.2, 0.25) is 5.91 Å². The topological polar surface area (TPSA) is 75.7 Å². The van der Waals surface area contributed by atoms with Gasteiger partial charge in [-0.1, -0.05) is 12.1 Å². The lowest BCUT2D eigenvalue weighted by Crippen LogP contribution is -2.55. The van der Waals surface area contributed by atoms with Gasteiger partial charge in [0.15, 0.2) is 9.84 Å². The third kappa shape index (κ3) is 4.01. The SMILES string of the molecule is CNC(=O)CN1CCC2(S(=O)(=O)c3ccc(F)cc3)c3ccc(C(F)(C(F)(F)F)C(F)(F)F)cc3OCC12. The van der Waals surface area contributed by atoms with Crippen molar-refractivity contribution in [2.45, 2.75) is 40.1 Å². The van der Waals surface area contributed by atoms with Crippen LogP contribution < -0.4 is 10.1 Å². The summed E-state index contributed by atoms with van der Waals surface area (Å²) in [4.78, 5) is 13.1. The highest BCUT2D eigenvalue weighted by molar-refractivity contribution is 7.92. The highest BCUT2D eigenvalue weighted by atomic mass is 32.2. The van der Waals surface area contributed by atoms with Crippen molar-refractivity contribution in [2.24, 2.45) is 0 Å². The van der Waals surface area contributed by atoms with Crippen molar-refractivity contribution >= 4 is 15.7 Å². The van der Waals surface area contributed by atoms with E-state index in [1.165, 1.54) is 11.9 Å². The fourth-order valence-corrected chi connectivity index (χ4v) is 7.39. The van der Waals surface area contributed by atoms with Crippen LogP contribution in [0, 0.1) is 5.82 Å². The molecule has 2 heterocycles. The molecule has 2 aromatic rings. The van der Waals surface area contributed by atoms with Crippen molar-refractivity contribution in [3.05, 3.63) is 59.4 Å². The number of hydrogen-bond acceptors (Lipinski definition) is 5. The zero-order valence-corrected chi connectivity index (χ0v) is 20.3. The van der Waals surface area contributed by atoms with Crippen LogP contribution in [0.2, 0.25) is 0 Å². The Morgan fingerprint density at radius 2 is 1.66 bits per heavy atom. The summed E-state index contributed by atoms with van der Waals surface area (Å²) in [5.74, 6) is -1.92. The number of hydrogen-bond donors (Lipinski definition) is 1. The Morgan fingerprint density at radius 1 is 1.05 bits per heavy atom. The number of ether oxygens (including phenoxy) is 1. The fourth-order valence-electron chi connectivity index (χ4n) is 5.08. The first-order chi connectivity index (χ1) is 17.5. The maximum atomic E-state index is 14.7. The molecule has 0 saturated carbocycles. The zero-order valence-electron chi connectivity index (χ0n) is 19.5. The van der Waals surface area contributed by atoms with Gasteiger partial charge in [0.05, 0.1) is 17.5 Å². The highest BCUT2D eigenvalue weighted by Crippen LogP contribution is 2.57. The molecule has 0 bridgehead atoms. The first-order valence-corrected chi connectivity index (χ1v) is 12.5. The van der Waals surface area contributed by atoms with Gasteiger partial charge in [-0.3, -0.25) is 9.69 Å². The van der Waals surface area contributed by atoms with Crippen molar-refractivity contribution < 1.29 is 53.1 Å². The molecule has 0 aromatic heterocycles. The summed E-state index contributed by atoms with van der Waals surface area (Å²) < 4.78 is 140. The molecule has 0 spiro atoms. The van der Waals surface area contributed by atoms with Crippen LogP contribution in [0.4, 0.5) is 35.1 Å². The summed E-state index contributed by atoms with van der Waals surface area (Å²) in [7, 11) is -3.18. The average Bonchev–Trinajstić information content (AvgIpc) is 3.22. The number of benzene rings is 2. The standard InChI is InChI=1S/C23H20F8N2O4S/c1-32-19(34)11-33-9-8-20(38(35,36)15-5-3-14(24)4-6-15)16-7-2-13(10-17(16)37-12-18(20)33)21(25,22(26,27)28)23(29,30)31/h2-7,10,18H,8-9,11-12H2,1H3,(H,32,34). The minimum atomic E-state index is -6.38. The molecule has 6 nitrogen and oxygen atoms in total. The van der Waals surface area contributed by atoms with Crippen LogP contribution in [-0.2, 0) is 25.0 Å². The Balaban J connectivity index is 1.93. The predicted molar refractivity (Wildman–Crippen MR) is 116 cm³/mol. The second-order valence-electron chi connectivity index (χ2n) is 8.93. The smallest absolute Gasteiger partial charge is 0.435 e. The predicted octanol–water partition coefficient (Wildman–Crippen LogP) is 4.00. The summed E-state index contributed by atoms with van der Waals surface area (Å²) in [6, 6.07) is 3.71. The van der Waals surface area contributed by atoms with Crippen LogP contribution >= 0.6 is 0 Å². The normalized spacial score (nSPS) is 22.4. The van der Waals surface area contributed by atoms with E-state index >= 15 is 0 Å². The average molecular weight is 572 g/mol. The third-order valence-electron chi connectivity index (χ3n) is 6.99. The Bertz CT molecular complexity index is 1330. The molecule has 1 fully saturated rings. The number of carbonyl (C=O) groups is 1. The number of halogens is 8. The van der Waals surface area contributed by atoms with E-state index in [2.05, 4.69) is 5.32 Å². The van der Waals surface area contributed by atoms with E-state index in [1.807, 2.05) is 0 Å². The lowest BCUT2D eigenvalue weighted by Gasteiger charge is -2.42. The van der Waals surface area contributed by atoms with Crippen molar-refractivity contribution in [3.63, 3.8) is 0 Å². The molecule has 2 atom stereocenters. The van der Waals surface area contributed by atoms with Gasteiger partial charge in [0.1, 0.15) is 22.9 Å². The molecule has 1 saturated heterocycles. The molecular weight excluding hydrogens is 552 g/mol. The summed E-state index contributed by atoms with van der Waals surface area (Å²) in [6.07, 6.45) is -13.0.